The lowest BCUT2D eigenvalue weighted by Crippen LogP contribution is -2.21. The van der Waals surface area contributed by atoms with E-state index in [1.54, 1.807) is 12.1 Å². The second-order valence-electron chi connectivity index (χ2n) is 3.88. The minimum Gasteiger partial charge on any atom is -0.488 e. The van der Waals surface area contributed by atoms with Crippen LogP contribution in [0.3, 0.4) is 0 Å². The van der Waals surface area contributed by atoms with Crippen molar-refractivity contribution < 1.29 is 14.3 Å². The maximum absolute atomic E-state index is 11.1. The van der Waals surface area contributed by atoms with Gasteiger partial charge in [-0.3, -0.25) is 4.79 Å². The van der Waals surface area contributed by atoms with Crippen LogP contribution in [0.5, 0.6) is 5.75 Å². The number of carbonyl (C=O) groups is 1. The van der Waals surface area contributed by atoms with Gasteiger partial charge < -0.3 is 20.5 Å². The summed E-state index contributed by atoms with van der Waals surface area (Å²) in [5.74, 6) is 0.578. The normalized spacial score (nSPS) is 19.0. The zero-order chi connectivity index (χ0) is 12.1. The van der Waals surface area contributed by atoms with E-state index in [0.717, 1.165) is 24.5 Å². The zero-order valence-corrected chi connectivity index (χ0v) is 9.52. The van der Waals surface area contributed by atoms with Gasteiger partial charge in [-0.2, -0.15) is 0 Å². The summed E-state index contributed by atoms with van der Waals surface area (Å²) in [6.07, 6.45) is 1.06. The van der Waals surface area contributed by atoms with Gasteiger partial charge in [-0.25, -0.2) is 0 Å². The standard InChI is InChI=1S/C12H16N2O3/c13-7-12(15)14-9-1-3-10(4-2-9)17-11-5-6-16-8-11/h1-4,11H,5-8,13H2,(H,14,15). The largest absolute Gasteiger partial charge is 0.488 e. The predicted octanol–water partition coefficient (Wildman–Crippen LogP) is 0.751. The van der Waals surface area contributed by atoms with Crippen LogP contribution in [0.2, 0.25) is 0 Å². The topological polar surface area (TPSA) is 73.6 Å². The summed E-state index contributed by atoms with van der Waals surface area (Å²) < 4.78 is 10.9. The number of nitrogens with two attached hydrogens (primary N) is 1. The number of ether oxygens (including phenoxy) is 2. The van der Waals surface area contributed by atoms with Crippen LogP contribution in [-0.4, -0.2) is 31.8 Å². The molecule has 0 bridgehead atoms. The monoisotopic (exact) mass is 236 g/mol. The van der Waals surface area contributed by atoms with Gasteiger partial charge in [0.25, 0.3) is 0 Å². The molecule has 17 heavy (non-hydrogen) atoms. The van der Waals surface area contributed by atoms with Crippen LogP contribution >= 0.6 is 0 Å². The van der Waals surface area contributed by atoms with Gasteiger partial charge >= 0.3 is 0 Å². The van der Waals surface area contributed by atoms with E-state index in [1.807, 2.05) is 12.1 Å². The third-order valence-corrected chi connectivity index (χ3v) is 2.51. The van der Waals surface area contributed by atoms with Gasteiger partial charge in [0.2, 0.25) is 5.91 Å². The van der Waals surface area contributed by atoms with Gasteiger partial charge in [-0.15, -0.1) is 0 Å². The maximum atomic E-state index is 11.1. The molecule has 1 heterocycles. The van der Waals surface area contributed by atoms with Crippen LogP contribution in [-0.2, 0) is 9.53 Å². The highest BCUT2D eigenvalue weighted by Crippen LogP contribution is 2.19. The summed E-state index contributed by atoms with van der Waals surface area (Å²) >= 11 is 0. The van der Waals surface area contributed by atoms with Crippen molar-refractivity contribution in [1.82, 2.24) is 0 Å². The number of anilines is 1. The molecule has 0 radical (unpaired) electrons. The lowest BCUT2D eigenvalue weighted by molar-refractivity contribution is -0.114. The molecule has 0 aliphatic carbocycles. The molecule has 1 atom stereocenters. The molecule has 1 saturated heterocycles. The molecule has 1 aromatic rings. The Labute approximate surface area is 99.9 Å². The number of rotatable bonds is 4. The van der Waals surface area contributed by atoms with Gasteiger partial charge in [-0.1, -0.05) is 0 Å². The first kappa shape index (κ1) is 11.9. The molecule has 0 saturated carbocycles. The number of hydrogen-bond acceptors (Lipinski definition) is 4. The van der Waals surface area contributed by atoms with E-state index in [4.69, 9.17) is 15.2 Å². The summed E-state index contributed by atoms with van der Waals surface area (Å²) in [4.78, 5) is 11.1. The molecule has 92 valence electrons. The zero-order valence-electron chi connectivity index (χ0n) is 9.52. The quantitative estimate of drug-likeness (QED) is 0.809. The fraction of sp³-hybridized carbons (Fsp3) is 0.417. The third kappa shape index (κ3) is 3.44. The van der Waals surface area contributed by atoms with Crippen LogP contribution < -0.4 is 15.8 Å². The first-order valence-electron chi connectivity index (χ1n) is 5.62. The summed E-state index contributed by atoms with van der Waals surface area (Å²) in [5.41, 5.74) is 5.93. The van der Waals surface area contributed by atoms with E-state index < -0.39 is 0 Å². The first-order chi connectivity index (χ1) is 8.28. The van der Waals surface area contributed by atoms with Crippen LogP contribution in [0.25, 0.3) is 0 Å². The molecule has 5 heteroatoms. The van der Waals surface area contributed by atoms with Gasteiger partial charge in [-0.05, 0) is 24.3 Å². The Bertz CT molecular complexity index is 372. The molecule has 1 aliphatic heterocycles. The maximum Gasteiger partial charge on any atom is 0.238 e. The Balaban J connectivity index is 1.90. The summed E-state index contributed by atoms with van der Waals surface area (Å²) in [7, 11) is 0. The molecule has 1 unspecified atom stereocenters. The van der Waals surface area contributed by atoms with Crippen molar-refractivity contribution in [1.29, 1.82) is 0 Å². The summed E-state index contributed by atoms with van der Waals surface area (Å²) in [5, 5.41) is 2.67. The predicted molar refractivity (Wildman–Crippen MR) is 64.0 cm³/mol. The van der Waals surface area contributed by atoms with Crippen LogP contribution in [0.4, 0.5) is 5.69 Å². The summed E-state index contributed by atoms with van der Waals surface area (Å²) in [6.45, 7) is 1.39. The number of hydrogen-bond donors (Lipinski definition) is 2. The van der Waals surface area contributed by atoms with Crippen molar-refractivity contribution in [2.75, 3.05) is 25.1 Å². The molecule has 0 spiro atoms. The van der Waals surface area contributed by atoms with E-state index >= 15 is 0 Å². The Morgan fingerprint density at radius 3 is 2.82 bits per heavy atom. The van der Waals surface area contributed by atoms with Crippen LogP contribution in [0.15, 0.2) is 24.3 Å². The number of benzene rings is 1. The van der Waals surface area contributed by atoms with E-state index in [2.05, 4.69) is 5.32 Å². The SMILES string of the molecule is NCC(=O)Nc1ccc(OC2CCOC2)cc1. The van der Waals surface area contributed by atoms with Crippen molar-refractivity contribution in [3.8, 4) is 5.75 Å². The van der Waals surface area contributed by atoms with Crippen molar-refractivity contribution in [3.05, 3.63) is 24.3 Å². The summed E-state index contributed by atoms with van der Waals surface area (Å²) in [6, 6.07) is 7.23. The van der Waals surface area contributed by atoms with Crippen molar-refractivity contribution in [2.24, 2.45) is 5.73 Å². The second kappa shape index (κ2) is 5.65. The highest BCUT2D eigenvalue weighted by Gasteiger charge is 2.16. The molecule has 1 amide bonds. The minimum atomic E-state index is -0.206. The van der Waals surface area contributed by atoms with Crippen LogP contribution in [0, 0.1) is 0 Å². The van der Waals surface area contributed by atoms with E-state index in [9.17, 15) is 4.79 Å². The Morgan fingerprint density at radius 2 is 2.24 bits per heavy atom. The van der Waals surface area contributed by atoms with E-state index in [-0.39, 0.29) is 18.6 Å². The lowest BCUT2D eigenvalue weighted by atomic mass is 10.3. The van der Waals surface area contributed by atoms with E-state index in [1.165, 1.54) is 0 Å². The molecule has 3 N–H and O–H groups in total. The van der Waals surface area contributed by atoms with E-state index in [0.29, 0.717) is 6.61 Å². The highest BCUT2D eigenvalue weighted by atomic mass is 16.5. The highest BCUT2D eigenvalue weighted by molar-refractivity contribution is 5.92. The molecule has 1 fully saturated rings. The van der Waals surface area contributed by atoms with Crippen molar-refractivity contribution >= 4 is 11.6 Å². The smallest absolute Gasteiger partial charge is 0.238 e. The van der Waals surface area contributed by atoms with Crippen molar-refractivity contribution in [3.63, 3.8) is 0 Å². The van der Waals surface area contributed by atoms with Gasteiger partial charge in [0, 0.05) is 12.1 Å². The molecular weight excluding hydrogens is 220 g/mol. The fourth-order valence-corrected chi connectivity index (χ4v) is 1.63. The molecule has 0 aromatic heterocycles. The van der Waals surface area contributed by atoms with Crippen LogP contribution in [0.1, 0.15) is 6.42 Å². The number of carbonyl (C=O) groups excluding carboxylic acids is 1. The third-order valence-electron chi connectivity index (χ3n) is 2.51. The Morgan fingerprint density at radius 1 is 1.47 bits per heavy atom. The minimum absolute atomic E-state index is 0.0162. The molecular formula is C12H16N2O3. The number of nitrogens with one attached hydrogen (secondary N) is 1. The lowest BCUT2D eigenvalue weighted by Gasteiger charge is -2.12. The average Bonchev–Trinajstić information content (AvgIpc) is 2.84. The Hall–Kier alpha value is -1.59. The number of amides is 1. The van der Waals surface area contributed by atoms with Crippen molar-refractivity contribution in [2.45, 2.75) is 12.5 Å². The Kier molecular flexibility index (Phi) is 3.95. The molecule has 2 rings (SSSR count). The molecule has 1 aromatic carbocycles. The average molecular weight is 236 g/mol. The van der Waals surface area contributed by atoms with Gasteiger partial charge in [0.1, 0.15) is 11.9 Å². The fourth-order valence-electron chi connectivity index (χ4n) is 1.63. The van der Waals surface area contributed by atoms with Gasteiger partial charge in [0.05, 0.1) is 19.8 Å². The molecule has 5 nitrogen and oxygen atoms in total. The molecule has 1 aliphatic rings. The first-order valence-corrected chi connectivity index (χ1v) is 5.62. The second-order valence-corrected chi connectivity index (χ2v) is 3.88. The van der Waals surface area contributed by atoms with Gasteiger partial charge in [0.15, 0.2) is 0 Å².